The molecule has 1 aliphatic rings. The Morgan fingerprint density at radius 1 is 1.65 bits per heavy atom. The van der Waals surface area contributed by atoms with Gasteiger partial charge in [-0.2, -0.15) is 0 Å². The van der Waals surface area contributed by atoms with Crippen molar-refractivity contribution >= 4 is 5.91 Å². The predicted molar refractivity (Wildman–Crippen MR) is 66.3 cm³/mol. The molecule has 17 heavy (non-hydrogen) atoms. The van der Waals surface area contributed by atoms with E-state index in [2.05, 4.69) is 22.5 Å². The predicted octanol–water partition coefficient (Wildman–Crippen LogP) is 1.09. The van der Waals surface area contributed by atoms with E-state index in [1.54, 1.807) is 12.4 Å². The van der Waals surface area contributed by atoms with Crippen LogP contribution in [0, 0.1) is 5.92 Å². The van der Waals surface area contributed by atoms with Gasteiger partial charge < -0.3 is 10.6 Å². The summed E-state index contributed by atoms with van der Waals surface area (Å²) in [6.07, 6.45) is 5.38. The second-order valence-corrected chi connectivity index (χ2v) is 4.66. The molecule has 0 aliphatic carbocycles. The number of aromatic nitrogens is 1. The molecule has 0 spiro atoms. The molecule has 1 amide bonds. The summed E-state index contributed by atoms with van der Waals surface area (Å²) in [6.45, 7) is 3.64. The van der Waals surface area contributed by atoms with Crippen LogP contribution in [0.2, 0.25) is 0 Å². The van der Waals surface area contributed by atoms with Crippen LogP contribution in [0.25, 0.3) is 0 Å². The summed E-state index contributed by atoms with van der Waals surface area (Å²) in [6, 6.07) is 4.30. The van der Waals surface area contributed by atoms with Gasteiger partial charge in [-0.25, -0.2) is 0 Å². The summed E-state index contributed by atoms with van der Waals surface area (Å²) in [5, 5.41) is 6.33. The van der Waals surface area contributed by atoms with E-state index in [-0.39, 0.29) is 11.8 Å². The second-order valence-electron chi connectivity index (χ2n) is 4.66. The normalized spacial score (nSPS) is 24.3. The van der Waals surface area contributed by atoms with Crippen molar-refractivity contribution in [2.24, 2.45) is 5.92 Å². The van der Waals surface area contributed by atoms with Crippen LogP contribution >= 0.6 is 0 Å². The Balaban J connectivity index is 1.81. The SMILES string of the molecule is C[C@H]1C[C@@H](C(=O)NCc2cccnc2)CCN1. The molecule has 2 rings (SSSR count). The van der Waals surface area contributed by atoms with Crippen LogP contribution in [0.5, 0.6) is 0 Å². The van der Waals surface area contributed by atoms with E-state index in [9.17, 15) is 4.79 Å². The lowest BCUT2D eigenvalue weighted by Gasteiger charge is -2.27. The van der Waals surface area contributed by atoms with Crippen molar-refractivity contribution in [1.29, 1.82) is 0 Å². The maximum atomic E-state index is 12.0. The van der Waals surface area contributed by atoms with E-state index in [4.69, 9.17) is 0 Å². The number of pyridine rings is 1. The smallest absolute Gasteiger partial charge is 0.223 e. The molecule has 1 saturated heterocycles. The highest BCUT2D eigenvalue weighted by molar-refractivity contribution is 5.78. The molecule has 2 N–H and O–H groups in total. The molecule has 1 aromatic heterocycles. The summed E-state index contributed by atoms with van der Waals surface area (Å²) >= 11 is 0. The number of nitrogens with zero attached hydrogens (tertiary/aromatic N) is 1. The van der Waals surface area contributed by atoms with Crippen molar-refractivity contribution in [2.45, 2.75) is 32.4 Å². The number of hydrogen-bond donors (Lipinski definition) is 2. The molecule has 2 heterocycles. The largest absolute Gasteiger partial charge is 0.352 e. The number of carbonyl (C=O) groups excluding carboxylic acids is 1. The lowest BCUT2D eigenvalue weighted by molar-refractivity contribution is -0.126. The number of nitrogens with one attached hydrogen (secondary N) is 2. The first kappa shape index (κ1) is 12.0. The molecular formula is C13H19N3O. The zero-order chi connectivity index (χ0) is 12.1. The average molecular weight is 233 g/mol. The zero-order valence-corrected chi connectivity index (χ0v) is 10.1. The van der Waals surface area contributed by atoms with E-state index >= 15 is 0 Å². The van der Waals surface area contributed by atoms with Gasteiger partial charge in [0.1, 0.15) is 0 Å². The van der Waals surface area contributed by atoms with Gasteiger partial charge in [-0.15, -0.1) is 0 Å². The quantitative estimate of drug-likeness (QED) is 0.821. The highest BCUT2D eigenvalue weighted by Gasteiger charge is 2.24. The lowest BCUT2D eigenvalue weighted by atomic mass is 9.92. The number of rotatable bonds is 3. The van der Waals surface area contributed by atoms with Crippen molar-refractivity contribution < 1.29 is 4.79 Å². The van der Waals surface area contributed by atoms with Crippen LogP contribution in [0.4, 0.5) is 0 Å². The van der Waals surface area contributed by atoms with Gasteiger partial charge in [-0.05, 0) is 37.9 Å². The maximum absolute atomic E-state index is 12.0. The summed E-state index contributed by atoms with van der Waals surface area (Å²) in [7, 11) is 0. The van der Waals surface area contributed by atoms with Crippen LogP contribution in [0.1, 0.15) is 25.3 Å². The minimum absolute atomic E-state index is 0.155. The van der Waals surface area contributed by atoms with E-state index in [1.807, 2.05) is 12.1 Å². The van der Waals surface area contributed by atoms with E-state index in [1.165, 1.54) is 0 Å². The Bertz CT molecular complexity index is 366. The molecule has 0 saturated carbocycles. The molecule has 0 bridgehead atoms. The third-order valence-electron chi connectivity index (χ3n) is 3.18. The third-order valence-corrected chi connectivity index (χ3v) is 3.18. The van der Waals surface area contributed by atoms with Gasteiger partial charge in [-0.1, -0.05) is 6.07 Å². The summed E-state index contributed by atoms with van der Waals surface area (Å²) < 4.78 is 0. The van der Waals surface area contributed by atoms with Crippen LogP contribution in [-0.4, -0.2) is 23.5 Å². The fraction of sp³-hybridized carbons (Fsp3) is 0.538. The molecule has 1 aromatic rings. The Hall–Kier alpha value is -1.42. The standard InChI is InChI=1S/C13H19N3O/c1-10-7-12(4-6-15-10)13(17)16-9-11-3-2-5-14-8-11/h2-3,5,8,10,12,15H,4,6-7,9H2,1H3,(H,16,17)/t10-,12-/m0/s1. The van der Waals surface area contributed by atoms with Crippen molar-refractivity contribution in [2.75, 3.05) is 6.54 Å². The highest BCUT2D eigenvalue weighted by atomic mass is 16.1. The summed E-state index contributed by atoms with van der Waals surface area (Å²) in [4.78, 5) is 16.0. The number of amides is 1. The van der Waals surface area contributed by atoms with Gasteiger partial charge in [-0.3, -0.25) is 9.78 Å². The van der Waals surface area contributed by atoms with Gasteiger partial charge in [0.2, 0.25) is 5.91 Å². The van der Waals surface area contributed by atoms with Crippen LogP contribution in [0.15, 0.2) is 24.5 Å². The molecule has 0 unspecified atom stereocenters. The Kier molecular flexibility index (Phi) is 4.09. The molecule has 0 radical (unpaired) electrons. The van der Waals surface area contributed by atoms with Gasteiger partial charge in [0.05, 0.1) is 0 Å². The first-order valence-electron chi connectivity index (χ1n) is 6.15. The fourth-order valence-electron chi connectivity index (χ4n) is 2.21. The Labute approximate surface area is 102 Å². The molecule has 4 heteroatoms. The van der Waals surface area contributed by atoms with E-state index < -0.39 is 0 Å². The van der Waals surface area contributed by atoms with Gasteiger partial charge in [0.25, 0.3) is 0 Å². The van der Waals surface area contributed by atoms with Gasteiger partial charge in [0.15, 0.2) is 0 Å². The van der Waals surface area contributed by atoms with Crippen LogP contribution in [-0.2, 0) is 11.3 Å². The third kappa shape index (κ3) is 3.53. The van der Waals surface area contributed by atoms with Gasteiger partial charge in [0, 0.05) is 30.9 Å². The fourth-order valence-corrected chi connectivity index (χ4v) is 2.21. The average Bonchev–Trinajstić information content (AvgIpc) is 2.37. The van der Waals surface area contributed by atoms with Crippen molar-refractivity contribution in [1.82, 2.24) is 15.6 Å². The molecular weight excluding hydrogens is 214 g/mol. The van der Waals surface area contributed by atoms with E-state index in [0.29, 0.717) is 12.6 Å². The molecule has 0 aromatic carbocycles. The number of piperidine rings is 1. The number of hydrogen-bond acceptors (Lipinski definition) is 3. The van der Waals surface area contributed by atoms with Gasteiger partial charge >= 0.3 is 0 Å². The first-order chi connectivity index (χ1) is 8.25. The molecule has 1 fully saturated rings. The minimum Gasteiger partial charge on any atom is -0.352 e. The maximum Gasteiger partial charge on any atom is 0.223 e. The molecule has 92 valence electrons. The van der Waals surface area contributed by atoms with Crippen LogP contribution in [0.3, 0.4) is 0 Å². The topological polar surface area (TPSA) is 54.0 Å². The number of carbonyl (C=O) groups is 1. The Morgan fingerprint density at radius 2 is 2.53 bits per heavy atom. The van der Waals surface area contributed by atoms with Crippen molar-refractivity contribution in [3.8, 4) is 0 Å². The van der Waals surface area contributed by atoms with Crippen molar-refractivity contribution in [3.63, 3.8) is 0 Å². The van der Waals surface area contributed by atoms with E-state index in [0.717, 1.165) is 24.9 Å². The Morgan fingerprint density at radius 3 is 3.24 bits per heavy atom. The lowest BCUT2D eigenvalue weighted by Crippen LogP contribution is -2.42. The summed E-state index contributed by atoms with van der Waals surface area (Å²) in [5.41, 5.74) is 1.04. The van der Waals surface area contributed by atoms with Crippen molar-refractivity contribution in [3.05, 3.63) is 30.1 Å². The second kappa shape index (κ2) is 5.77. The zero-order valence-electron chi connectivity index (χ0n) is 10.1. The monoisotopic (exact) mass is 233 g/mol. The van der Waals surface area contributed by atoms with Crippen LogP contribution < -0.4 is 10.6 Å². The first-order valence-corrected chi connectivity index (χ1v) is 6.15. The minimum atomic E-state index is 0.155. The molecule has 1 aliphatic heterocycles. The molecule has 4 nitrogen and oxygen atoms in total. The molecule has 2 atom stereocenters. The summed E-state index contributed by atoms with van der Waals surface area (Å²) in [5.74, 6) is 0.324. The highest BCUT2D eigenvalue weighted by Crippen LogP contribution is 2.16.